The molecule has 7 nitrogen and oxygen atoms in total. The Labute approximate surface area is 147 Å². The number of rotatable bonds is 5. The van der Waals surface area contributed by atoms with E-state index in [0.717, 1.165) is 52.2 Å². The fourth-order valence-corrected chi connectivity index (χ4v) is 3.74. The molecule has 25 heavy (non-hydrogen) atoms. The molecule has 2 aliphatic rings. The van der Waals surface area contributed by atoms with E-state index in [0.29, 0.717) is 6.54 Å². The zero-order chi connectivity index (χ0) is 17.1. The Bertz CT molecular complexity index is 735. The molecule has 0 aliphatic carbocycles. The Morgan fingerprint density at radius 2 is 1.84 bits per heavy atom. The predicted octanol–water partition coefficient (Wildman–Crippen LogP) is 0.594. The average molecular weight is 342 g/mol. The Hall–Kier alpha value is -1.99. The zero-order valence-electron chi connectivity index (χ0n) is 14.7. The third-order valence-corrected chi connectivity index (χ3v) is 5.22. The topological polar surface area (TPSA) is 59.2 Å². The molecule has 4 heterocycles. The minimum absolute atomic E-state index is 0.0233. The number of hydrogen-bond donors (Lipinski definition) is 0. The van der Waals surface area contributed by atoms with Crippen molar-refractivity contribution in [1.29, 1.82) is 0 Å². The molecule has 134 valence electrons. The summed E-state index contributed by atoms with van der Waals surface area (Å²) in [5.74, 6) is 1.26. The first kappa shape index (κ1) is 16.5. The third kappa shape index (κ3) is 3.99. The van der Waals surface area contributed by atoms with Crippen LogP contribution < -0.4 is 5.56 Å². The number of fused-ring (bicyclic) bond motifs is 1. The van der Waals surface area contributed by atoms with Gasteiger partial charge in [-0.25, -0.2) is 9.67 Å². The zero-order valence-corrected chi connectivity index (χ0v) is 14.7. The smallest absolute Gasteiger partial charge is 0.266 e. The maximum Gasteiger partial charge on any atom is 0.266 e. The molecule has 4 rings (SSSR count). The summed E-state index contributed by atoms with van der Waals surface area (Å²) in [6.45, 7) is 7.80. The van der Waals surface area contributed by atoms with E-state index >= 15 is 0 Å². The molecule has 2 aromatic heterocycles. The van der Waals surface area contributed by atoms with E-state index < -0.39 is 0 Å². The fraction of sp³-hybridized carbons (Fsp3) is 0.611. The van der Waals surface area contributed by atoms with Crippen molar-refractivity contribution < 1.29 is 0 Å². The maximum absolute atomic E-state index is 11.7. The third-order valence-electron chi connectivity index (χ3n) is 5.22. The van der Waals surface area contributed by atoms with E-state index in [1.165, 1.54) is 24.4 Å². The Morgan fingerprint density at radius 3 is 2.64 bits per heavy atom. The highest BCUT2D eigenvalue weighted by molar-refractivity contribution is 5.06. The van der Waals surface area contributed by atoms with Gasteiger partial charge in [0.15, 0.2) is 0 Å². The molecule has 0 aromatic carbocycles. The molecule has 0 atom stereocenters. The highest BCUT2D eigenvalue weighted by Crippen LogP contribution is 2.16. The summed E-state index contributed by atoms with van der Waals surface area (Å²) < 4.78 is 3.88. The minimum Gasteiger partial charge on any atom is -0.335 e. The van der Waals surface area contributed by atoms with Gasteiger partial charge in [0, 0.05) is 70.7 Å². The number of aryl methyl sites for hydroxylation is 2. The highest BCUT2D eigenvalue weighted by atomic mass is 16.1. The molecule has 7 heteroatoms. The summed E-state index contributed by atoms with van der Waals surface area (Å²) in [6, 6.07) is 3.25. The average Bonchev–Trinajstić information content (AvgIpc) is 3.04. The van der Waals surface area contributed by atoms with Crippen molar-refractivity contribution in [3.8, 4) is 0 Å². The van der Waals surface area contributed by atoms with Crippen molar-refractivity contribution in [2.75, 3.05) is 32.7 Å². The minimum atomic E-state index is -0.0233. The van der Waals surface area contributed by atoms with Gasteiger partial charge in [-0.3, -0.25) is 14.6 Å². The van der Waals surface area contributed by atoms with Gasteiger partial charge in [-0.1, -0.05) is 0 Å². The lowest BCUT2D eigenvalue weighted by Crippen LogP contribution is -2.47. The molecule has 2 aliphatic heterocycles. The van der Waals surface area contributed by atoms with Gasteiger partial charge in [-0.2, -0.15) is 5.10 Å². The highest BCUT2D eigenvalue weighted by Gasteiger charge is 2.19. The lowest BCUT2D eigenvalue weighted by molar-refractivity contribution is 0.122. The van der Waals surface area contributed by atoms with Crippen LogP contribution in [0.15, 0.2) is 29.3 Å². The molecule has 0 bridgehead atoms. The summed E-state index contributed by atoms with van der Waals surface area (Å²) in [6.07, 6.45) is 7.59. The van der Waals surface area contributed by atoms with Gasteiger partial charge in [-0.05, 0) is 18.9 Å². The van der Waals surface area contributed by atoms with Crippen LogP contribution >= 0.6 is 0 Å². The van der Waals surface area contributed by atoms with Crippen molar-refractivity contribution in [2.45, 2.75) is 38.9 Å². The lowest BCUT2D eigenvalue weighted by atomic mass is 10.2. The van der Waals surface area contributed by atoms with Gasteiger partial charge < -0.3 is 4.57 Å². The summed E-state index contributed by atoms with van der Waals surface area (Å²) >= 11 is 0. The quantitative estimate of drug-likeness (QED) is 0.796. The Morgan fingerprint density at radius 1 is 1.00 bits per heavy atom. The summed E-state index contributed by atoms with van der Waals surface area (Å²) in [5, 5.41) is 4.12. The van der Waals surface area contributed by atoms with Crippen LogP contribution in [-0.2, 0) is 26.1 Å². The van der Waals surface area contributed by atoms with Gasteiger partial charge in [-0.15, -0.1) is 0 Å². The van der Waals surface area contributed by atoms with E-state index in [-0.39, 0.29) is 5.56 Å². The van der Waals surface area contributed by atoms with Crippen LogP contribution in [0.5, 0.6) is 0 Å². The second kappa shape index (κ2) is 7.49. The first-order chi connectivity index (χ1) is 12.3. The van der Waals surface area contributed by atoms with E-state index in [1.54, 1.807) is 23.0 Å². The van der Waals surface area contributed by atoms with Crippen LogP contribution in [0.4, 0.5) is 0 Å². The van der Waals surface area contributed by atoms with Gasteiger partial charge in [0.05, 0.1) is 12.2 Å². The lowest BCUT2D eigenvalue weighted by Gasteiger charge is -2.34. The van der Waals surface area contributed by atoms with Crippen molar-refractivity contribution in [1.82, 2.24) is 29.1 Å². The molecule has 1 saturated heterocycles. The Balaban J connectivity index is 1.25. The molecule has 0 spiro atoms. The SMILES string of the molecule is O=c1cccnn1CCN1CCN(Cc2cn3c(n2)CCCC3)CC1. The molecular formula is C18H26N6O. The second-order valence-electron chi connectivity index (χ2n) is 7.00. The molecule has 1 fully saturated rings. The largest absolute Gasteiger partial charge is 0.335 e. The number of aromatic nitrogens is 4. The number of piperazine rings is 1. The molecule has 0 radical (unpaired) electrons. The molecule has 2 aromatic rings. The second-order valence-corrected chi connectivity index (χ2v) is 7.00. The van der Waals surface area contributed by atoms with E-state index in [2.05, 4.69) is 25.7 Å². The molecule has 0 N–H and O–H groups in total. The van der Waals surface area contributed by atoms with Crippen LogP contribution in [-0.4, -0.2) is 61.9 Å². The summed E-state index contributed by atoms with van der Waals surface area (Å²) in [5.41, 5.74) is 1.19. The van der Waals surface area contributed by atoms with Crippen LogP contribution in [0.2, 0.25) is 0 Å². The molecule has 0 saturated carbocycles. The van der Waals surface area contributed by atoms with E-state index in [1.807, 2.05) is 0 Å². The van der Waals surface area contributed by atoms with Crippen LogP contribution in [0.3, 0.4) is 0 Å². The van der Waals surface area contributed by atoms with Crippen LogP contribution in [0.1, 0.15) is 24.4 Å². The van der Waals surface area contributed by atoms with Crippen molar-refractivity contribution in [2.24, 2.45) is 0 Å². The predicted molar refractivity (Wildman–Crippen MR) is 95.4 cm³/mol. The van der Waals surface area contributed by atoms with E-state index in [4.69, 9.17) is 4.98 Å². The monoisotopic (exact) mass is 342 g/mol. The van der Waals surface area contributed by atoms with Gasteiger partial charge in [0.2, 0.25) is 0 Å². The van der Waals surface area contributed by atoms with Crippen molar-refractivity contribution in [3.63, 3.8) is 0 Å². The normalized spacial score (nSPS) is 19.0. The van der Waals surface area contributed by atoms with Crippen LogP contribution in [0.25, 0.3) is 0 Å². The van der Waals surface area contributed by atoms with Gasteiger partial charge >= 0.3 is 0 Å². The van der Waals surface area contributed by atoms with Gasteiger partial charge in [0.1, 0.15) is 5.82 Å². The Kier molecular flexibility index (Phi) is 4.94. The standard InChI is InChI=1S/C18H26N6O/c25-18-5-3-6-19-24(18)13-12-21-8-10-22(11-9-21)14-16-15-23-7-2-1-4-17(23)20-16/h3,5-6,15H,1-2,4,7-14H2. The summed E-state index contributed by atoms with van der Waals surface area (Å²) in [4.78, 5) is 21.4. The number of hydrogen-bond acceptors (Lipinski definition) is 5. The first-order valence-electron chi connectivity index (χ1n) is 9.30. The molecule has 0 amide bonds. The summed E-state index contributed by atoms with van der Waals surface area (Å²) in [7, 11) is 0. The van der Waals surface area contributed by atoms with Gasteiger partial charge in [0.25, 0.3) is 5.56 Å². The number of nitrogens with zero attached hydrogens (tertiary/aromatic N) is 6. The fourth-order valence-electron chi connectivity index (χ4n) is 3.74. The number of imidazole rings is 1. The van der Waals surface area contributed by atoms with E-state index in [9.17, 15) is 4.79 Å². The van der Waals surface area contributed by atoms with Crippen molar-refractivity contribution in [3.05, 3.63) is 46.4 Å². The van der Waals surface area contributed by atoms with Crippen molar-refractivity contribution >= 4 is 0 Å². The van der Waals surface area contributed by atoms with Crippen LogP contribution in [0, 0.1) is 0 Å². The first-order valence-corrected chi connectivity index (χ1v) is 9.30. The molecule has 0 unspecified atom stereocenters. The molecular weight excluding hydrogens is 316 g/mol. The maximum atomic E-state index is 11.7.